The molecule has 3 aromatic rings. The van der Waals surface area contributed by atoms with Gasteiger partial charge in [0.05, 0.1) is 11.7 Å². The number of fused-ring (bicyclic) bond motifs is 1. The molecule has 1 atom stereocenters. The van der Waals surface area contributed by atoms with Gasteiger partial charge in [0.2, 0.25) is 0 Å². The van der Waals surface area contributed by atoms with Crippen molar-refractivity contribution in [3.8, 4) is 11.4 Å². The maximum absolute atomic E-state index is 4.23. The Bertz CT molecular complexity index is 795. The molecule has 0 saturated heterocycles. The van der Waals surface area contributed by atoms with E-state index in [0.29, 0.717) is 0 Å². The SMILES string of the molecule is CCc1cccc(C2NNc3ccc(-c4ncn[nH]4)cc32)c1. The van der Waals surface area contributed by atoms with Crippen LogP contribution in [-0.4, -0.2) is 15.2 Å². The van der Waals surface area contributed by atoms with Crippen LogP contribution in [0.15, 0.2) is 48.8 Å². The molecule has 4 rings (SSSR count). The third-order valence-electron chi connectivity index (χ3n) is 4.09. The van der Waals surface area contributed by atoms with Gasteiger partial charge in [-0.2, -0.15) is 5.10 Å². The highest BCUT2D eigenvalue weighted by Gasteiger charge is 2.24. The average Bonchev–Trinajstić information content (AvgIpc) is 3.23. The number of nitrogens with one attached hydrogen (secondary N) is 3. The Labute approximate surface area is 128 Å². The van der Waals surface area contributed by atoms with Crippen LogP contribution in [0.25, 0.3) is 11.4 Å². The Morgan fingerprint density at radius 2 is 2.09 bits per heavy atom. The fraction of sp³-hybridized carbons (Fsp3) is 0.176. The van der Waals surface area contributed by atoms with Crippen LogP contribution in [0, 0.1) is 0 Å². The van der Waals surface area contributed by atoms with Gasteiger partial charge in [-0.3, -0.25) is 5.10 Å². The molecule has 0 spiro atoms. The van der Waals surface area contributed by atoms with E-state index in [9.17, 15) is 0 Å². The first kappa shape index (κ1) is 13.0. The minimum absolute atomic E-state index is 0.143. The number of hydrogen-bond donors (Lipinski definition) is 3. The van der Waals surface area contributed by atoms with Crippen LogP contribution in [0.3, 0.4) is 0 Å². The maximum atomic E-state index is 4.23. The molecule has 0 radical (unpaired) electrons. The van der Waals surface area contributed by atoms with Crippen molar-refractivity contribution in [3.05, 3.63) is 65.5 Å². The normalized spacial score (nSPS) is 16.3. The van der Waals surface area contributed by atoms with Crippen molar-refractivity contribution in [1.82, 2.24) is 20.6 Å². The topological polar surface area (TPSA) is 65.6 Å². The molecule has 1 aliphatic rings. The van der Waals surface area contributed by atoms with Gasteiger partial charge in [-0.1, -0.05) is 31.2 Å². The molecular formula is C17H17N5. The Kier molecular flexibility index (Phi) is 3.12. The van der Waals surface area contributed by atoms with Gasteiger partial charge in [-0.05, 0) is 35.7 Å². The fourth-order valence-electron chi connectivity index (χ4n) is 2.89. The summed E-state index contributed by atoms with van der Waals surface area (Å²) in [7, 11) is 0. The number of anilines is 1. The lowest BCUT2D eigenvalue weighted by Gasteiger charge is -2.13. The first-order chi connectivity index (χ1) is 10.8. The molecule has 2 heterocycles. The summed E-state index contributed by atoms with van der Waals surface area (Å²) < 4.78 is 0. The molecule has 0 aliphatic carbocycles. The van der Waals surface area contributed by atoms with Gasteiger partial charge in [0.15, 0.2) is 5.82 Å². The molecule has 1 aromatic heterocycles. The zero-order valence-corrected chi connectivity index (χ0v) is 12.3. The smallest absolute Gasteiger partial charge is 0.155 e. The van der Waals surface area contributed by atoms with Crippen LogP contribution in [0.5, 0.6) is 0 Å². The third-order valence-corrected chi connectivity index (χ3v) is 4.09. The third kappa shape index (κ3) is 2.16. The van der Waals surface area contributed by atoms with Crippen LogP contribution in [0.1, 0.15) is 29.7 Å². The highest BCUT2D eigenvalue weighted by molar-refractivity contribution is 5.67. The largest absolute Gasteiger partial charge is 0.320 e. The summed E-state index contributed by atoms with van der Waals surface area (Å²) in [6.45, 7) is 2.18. The van der Waals surface area contributed by atoms with Crippen molar-refractivity contribution < 1.29 is 0 Å². The van der Waals surface area contributed by atoms with Crippen LogP contribution in [-0.2, 0) is 6.42 Å². The van der Waals surface area contributed by atoms with E-state index < -0.39 is 0 Å². The number of benzene rings is 2. The molecule has 0 bridgehead atoms. The predicted molar refractivity (Wildman–Crippen MR) is 86.2 cm³/mol. The number of aromatic nitrogens is 3. The van der Waals surface area contributed by atoms with Crippen molar-refractivity contribution in [1.29, 1.82) is 0 Å². The minimum atomic E-state index is 0.143. The highest BCUT2D eigenvalue weighted by atomic mass is 15.4. The lowest BCUT2D eigenvalue weighted by Crippen LogP contribution is -2.19. The lowest BCUT2D eigenvalue weighted by atomic mass is 9.95. The van der Waals surface area contributed by atoms with Gasteiger partial charge >= 0.3 is 0 Å². The van der Waals surface area contributed by atoms with Gasteiger partial charge in [-0.15, -0.1) is 0 Å². The Morgan fingerprint density at radius 1 is 1.14 bits per heavy atom. The molecule has 0 saturated carbocycles. The van der Waals surface area contributed by atoms with Gasteiger partial charge < -0.3 is 5.43 Å². The van der Waals surface area contributed by atoms with Gasteiger partial charge in [-0.25, -0.2) is 10.4 Å². The van der Waals surface area contributed by atoms with E-state index in [1.165, 1.54) is 23.0 Å². The van der Waals surface area contributed by atoms with E-state index in [2.05, 4.69) is 69.4 Å². The summed E-state index contributed by atoms with van der Waals surface area (Å²) in [4.78, 5) is 4.23. The van der Waals surface area contributed by atoms with E-state index in [-0.39, 0.29) is 6.04 Å². The average molecular weight is 291 g/mol. The number of rotatable bonds is 3. The quantitative estimate of drug-likeness (QED) is 0.694. The summed E-state index contributed by atoms with van der Waals surface area (Å²) in [5.74, 6) is 0.788. The van der Waals surface area contributed by atoms with Crippen LogP contribution >= 0.6 is 0 Å². The molecule has 0 amide bonds. The molecule has 5 nitrogen and oxygen atoms in total. The van der Waals surface area contributed by atoms with Crippen molar-refractivity contribution in [2.24, 2.45) is 0 Å². The second kappa shape index (κ2) is 5.27. The highest BCUT2D eigenvalue weighted by Crippen LogP contribution is 2.35. The van der Waals surface area contributed by atoms with Gasteiger partial charge in [0.1, 0.15) is 6.33 Å². The molecule has 3 N–H and O–H groups in total. The van der Waals surface area contributed by atoms with Gasteiger partial charge in [0, 0.05) is 11.1 Å². The Hall–Kier alpha value is -2.66. The molecule has 1 aliphatic heterocycles. The van der Waals surface area contributed by atoms with Crippen LogP contribution < -0.4 is 10.9 Å². The molecule has 5 heteroatoms. The van der Waals surface area contributed by atoms with E-state index in [1.807, 2.05) is 6.07 Å². The zero-order chi connectivity index (χ0) is 14.9. The van der Waals surface area contributed by atoms with E-state index in [4.69, 9.17) is 0 Å². The van der Waals surface area contributed by atoms with E-state index >= 15 is 0 Å². The van der Waals surface area contributed by atoms with Crippen molar-refractivity contribution >= 4 is 5.69 Å². The maximum Gasteiger partial charge on any atom is 0.155 e. The fourth-order valence-corrected chi connectivity index (χ4v) is 2.89. The van der Waals surface area contributed by atoms with Crippen LogP contribution in [0.2, 0.25) is 0 Å². The second-order valence-corrected chi connectivity index (χ2v) is 5.44. The number of nitrogens with zero attached hydrogens (tertiary/aromatic N) is 2. The number of aromatic amines is 1. The van der Waals surface area contributed by atoms with Crippen molar-refractivity contribution in [2.45, 2.75) is 19.4 Å². The minimum Gasteiger partial charge on any atom is -0.320 e. The number of H-pyrrole nitrogens is 1. The summed E-state index contributed by atoms with van der Waals surface area (Å²) in [6.07, 6.45) is 2.57. The first-order valence-corrected chi connectivity index (χ1v) is 7.45. The standard InChI is InChI=1S/C17H17N5/c1-2-11-4-3-5-12(8-11)16-14-9-13(17-18-10-19-22-17)6-7-15(14)20-21-16/h3-10,16,20-21H,2H2,1H3,(H,18,19,22). The molecule has 1 unspecified atom stereocenters. The zero-order valence-electron chi connectivity index (χ0n) is 12.3. The molecule has 22 heavy (non-hydrogen) atoms. The first-order valence-electron chi connectivity index (χ1n) is 7.45. The second-order valence-electron chi connectivity index (χ2n) is 5.44. The summed E-state index contributed by atoms with van der Waals surface area (Å²) in [5.41, 5.74) is 12.6. The van der Waals surface area contributed by atoms with Crippen LogP contribution in [0.4, 0.5) is 5.69 Å². The molecule has 2 aromatic carbocycles. The van der Waals surface area contributed by atoms with Crippen molar-refractivity contribution in [3.63, 3.8) is 0 Å². The summed E-state index contributed by atoms with van der Waals surface area (Å²) >= 11 is 0. The van der Waals surface area contributed by atoms with Crippen molar-refractivity contribution in [2.75, 3.05) is 5.43 Å². The summed E-state index contributed by atoms with van der Waals surface area (Å²) in [5, 5.41) is 6.84. The summed E-state index contributed by atoms with van der Waals surface area (Å²) in [6, 6.07) is 15.1. The molecular weight excluding hydrogens is 274 g/mol. The Morgan fingerprint density at radius 3 is 2.91 bits per heavy atom. The number of aryl methyl sites for hydroxylation is 1. The number of hydrogen-bond acceptors (Lipinski definition) is 4. The number of hydrazine groups is 1. The molecule has 0 fully saturated rings. The van der Waals surface area contributed by atoms with Gasteiger partial charge in [0.25, 0.3) is 0 Å². The van der Waals surface area contributed by atoms with E-state index in [0.717, 1.165) is 23.5 Å². The lowest BCUT2D eigenvalue weighted by molar-refractivity contribution is 0.727. The monoisotopic (exact) mass is 291 g/mol. The predicted octanol–water partition coefficient (Wildman–Crippen LogP) is 3.05. The van der Waals surface area contributed by atoms with E-state index in [1.54, 1.807) is 0 Å². The Balaban J connectivity index is 1.76. The molecule has 110 valence electrons.